The predicted octanol–water partition coefficient (Wildman–Crippen LogP) is 1.41. The minimum atomic E-state index is -0.434. The molecule has 0 saturated carbocycles. The predicted molar refractivity (Wildman–Crippen MR) is 53.3 cm³/mol. The van der Waals surface area contributed by atoms with E-state index in [-0.39, 0.29) is 0 Å². The fourth-order valence-electron chi connectivity index (χ4n) is 1.43. The van der Waals surface area contributed by atoms with Gasteiger partial charge < -0.3 is 5.73 Å². The van der Waals surface area contributed by atoms with Crippen LogP contribution in [0.3, 0.4) is 0 Å². The van der Waals surface area contributed by atoms with Gasteiger partial charge in [-0.25, -0.2) is 4.99 Å². The van der Waals surface area contributed by atoms with Gasteiger partial charge in [0.15, 0.2) is 0 Å². The van der Waals surface area contributed by atoms with Crippen molar-refractivity contribution in [2.45, 2.75) is 20.3 Å². The van der Waals surface area contributed by atoms with Crippen LogP contribution in [0.4, 0.5) is 0 Å². The lowest BCUT2D eigenvalue weighted by Gasteiger charge is -2.23. The molecule has 0 saturated heterocycles. The molecular weight excluding hydrogens is 164 g/mol. The second-order valence-corrected chi connectivity index (χ2v) is 3.33. The Morgan fingerprint density at radius 3 is 2.69 bits per heavy atom. The Balaban J connectivity index is 2.84. The van der Waals surface area contributed by atoms with Crippen LogP contribution in [0.15, 0.2) is 28.9 Å². The minimum Gasteiger partial charge on any atom is -0.364 e. The summed E-state index contributed by atoms with van der Waals surface area (Å²) < 4.78 is 0. The number of nitrogens with two attached hydrogens (primary N) is 1. The van der Waals surface area contributed by atoms with Crippen molar-refractivity contribution in [1.29, 1.82) is 0 Å². The number of primary amides is 1. The Morgan fingerprint density at radius 2 is 2.31 bits per heavy atom. The Kier molecular flexibility index (Phi) is 2.66. The molecule has 0 aromatic heterocycles. The van der Waals surface area contributed by atoms with E-state index in [1.54, 1.807) is 6.08 Å². The van der Waals surface area contributed by atoms with E-state index < -0.39 is 5.91 Å². The first-order chi connectivity index (χ1) is 6.07. The Hall–Kier alpha value is -1.38. The second-order valence-electron chi connectivity index (χ2n) is 3.33. The first-order valence-electron chi connectivity index (χ1n) is 4.30. The zero-order chi connectivity index (χ0) is 10.0. The molecule has 1 heterocycles. The zero-order valence-corrected chi connectivity index (χ0v) is 8.00. The van der Waals surface area contributed by atoms with E-state index in [0.717, 1.165) is 11.3 Å². The molecule has 3 heteroatoms. The van der Waals surface area contributed by atoms with Gasteiger partial charge in [0.2, 0.25) is 0 Å². The summed E-state index contributed by atoms with van der Waals surface area (Å²) in [6, 6.07) is 0. The van der Waals surface area contributed by atoms with Gasteiger partial charge in [-0.05, 0) is 5.92 Å². The Labute approximate surface area is 78.0 Å². The van der Waals surface area contributed by atoms with E-state index >= 15 is 0 Å². The van der Waals surface area contributed by atoms with Gasteiger partial charge in [0.25, 0.3) is 5.91 Å². The van der Waals surface area contributed by atoms with Gasteiger partial charge in [-0.1, -0.05) is 19.9 Å². The molecule has 0 aliphatic carbocycles. The van der Waals surface area contributed by atoms with Gasteiger partial charge in [0, 0.05) is 12.0 Å². The third kappa shape index (κ3) is 1.69. The summed E-state index contributed by atoms with van der Waals surface area (Å²) in [5.74, 6) is -0.133. The number of nitrogens with zero attached hydrogens (tertiary/aromatic N) is 1. The normalized spacial score (nSPS) is 15.5. The fraction of sp³-hybridized carbons (Fsp3) is 0.400. The number of carbonyl (C=O) groups is 1. The number of carbonyl (C=O) groups excluding carboxylic acids is 1. The molecule has 1 rings (SSSR count). The van der Waals surface area contributed by atoms with Gasteiger partial charge in [0.05, 0.1) is 5.70 Å². The minimum absolute atomic E-state index is 0.301. The number of rotatable bonds is 4. The van der Waals surface area contributed by atoms with E-state index in [4.69, 9.17) is 5.73 Å². The summed E-state index contributed by atoms with van der Waals surface area (Å²) in [6.45, 7) is 7.67. The van der Waals surface area contributed by atoms with Crippen LogP contribution in [0.5, 0.6) is 0 Å². The molecule has 0 bridgehead atoms. The van der Waals surface area contributed by atoms with Gasteiger partial charge in [-0.3, -0.25) is 4.79 Å². The van der Waals surface area contributed by atoms with Crippen molar-refractivity contribution in [3.8, 4) is 0 Å². The summed E-state index contributed by atoms with van der Waals surface area (Å²) in [5.41, 5.74) is 7.53. The summed E-state index contributed by atoms with van der Waals surface area (Å²) in [6.07, 6.45) is 2.49. The molecule has 0 radical (unpaired) electrons. The number of allylic oxidation sites excluding steroid dienone is 1. The van der Waals surface area contributed by atoms with Crippen LogP contribution in [0, 0.1) is 5.92 Å². The topological polar surface area (TPSA) is 55.5 Å². The van der Waals surface area contributed by atoms with Crippen LogP contribution < -0.4 is 5.73 Å². The second kappa shape index (κ2) is 3.56. The maximum absolute atomic E-state index is 10.9. The molecule has 0 aromatic rings. The highest BCUT2D eigenvalue weighted by atomic mass is 16.1. The Morgan fingerprint density at radius 1 is 1.69 bits per heavy atom. The number of aliphatic imine (C=N–C) groups is 1. The SMILES string of the molecule is C=CCC1=C(C(C)C)C(C(N)=O)=N1. The third-order valence-electron chi connectivity index (χ3n) is 1.96. The number of hydrogen-bond acceptors (Lipinski definition) is 2. The van der Waals surface area contributed by atoms with Crippen molar-refractivity contribution < 1.29 is 4.79 Å². The molecule has 13 heavy (non-hydrogen) atoms. The van der Waals surface area contributed by atoms with Crippen LogP contribution in [0.2, 0.25) is 0 Å². The van der Waals surface area contributed by atoms with Gasteiger partial charge in [-0.15, -0.1) is 6.58 Å². The van der Waals surface area contributed by atoms with Crippen molar-refractivity contribution >= 4 is 11.6 Å². The molecule has 0 unspecified atom stereocenters. The van der Waals surface area contributed by atoms with Crippen LogP contribution in [0.1, 0.15) is 20.3 Å². The van der Waals surface area contributed by atoms with E-state index in [1.165, 1.54) is 0 Å². The average molecular weight is 178 g/mol. The summed E-state index contributed by atoms with van der Waals surface area (Å²) in [7, 11) is 0. The van der Waals surface area contributed by atoms with Gasteiger partial charge in [-0.2, -0.15) is 0 Å². The van der Waals surface area contributed by atoms with Crippen molar-refractivity contribution in [1.82, 2.24) is 0 Å². The standard InChI is InChI=1S/C10H14N2O/c1-4-5-7-8(6(2)3)9(12-7)10(11)13/h4,6H,1,5H2,2-3H3,(H2,11,13). The van der Waals surface area contributed by atoms with Crippen molar-refractivity contribution in [2.24, 2.45) is 16.6 Å². The maximum Gasteiger partial charge on any atom is 0.267 e. The molecule has 1 amide bonds. The third-order valence-corrected chi connectivity index (χ3v) is 1.96. The molecule has 0 aromatic carbocycles. The molecule has 0 fully saturated rings. The molecule has 1 aliphatic rings. The molecular formula is C10H14N2O. The van der Waals surface area contributed by atoms with Crippen LogP contribution in [0.25, 0.3) is 0 Å². The smallest absolute Gasteiger partial charge is 0.267 e. The van der Waals surface area contributed by atoms with Crippen molar-refractivity contribution in [3.05, 3.63) is 23.9 Å². The first-order valence-corrected chi connectivity index (χ1v) is 4.30. The highest BCUT2D eigenvalue weighted by Gasteiger charge is 2.27. The van der Waals surface area contributed by atoms with Crippen LogP contribution in [-0.4, -0.2) is 11.6 Å². The van der Waals surface area contributed by atoms with Gasteiger partial charge in [0.1, 0.15) is 5.71 Å². The summed E-state index contributed by atoms with van der Waals surface area (Å²) in [5, 5.41) is 0. The summed E-state index contributed by atoms with van der Waals surface area (Å²) in [4.78, 5) is 14.9. The quantitative estimate of drug-likeness (QED) is 0.650. The van der Waals surface area contributed by atoms with E-state index in [1.807, 2.05) is 13.8 Å². The molecule has 0 spiro atoms. The monoisotopic (exact) mass is 178 g/mol. The van der Waals surface area contributed by atoms with E-state index in [0.29, 0.717) is 18.1 Å². The lowest BCUT2D eigenvalue weighted by atomic mass is 9.90. The van der Waals surface area contributed by atoms with Crippen molar-refractivity contribution in [2.75, 3.05) is 0 Å². The Bertz CT molecular complexity index is 311. The molecule has 70 valence electrons. The van der Waals surface area contributed by atoms with Crippen molar-refractivity contribution in [3.63, 3.8) is 0 Å². The lowest BCUT2D eigenvalue weighted by molar-refractivity contribution is -0.112. The first kappa shape index (κ1) is 9.71. The average Bonchev–Trinajstić information content (AvgIpc) is 1.94. The molecule has 0 atom stereocenters. The number of amides is 1. The zero-order valence-electron chi connectivity index (χ0n) is 8.00. The summed E-state index contributed by atoms with van der Waals surface area (Å²) >= 11 is 0. The molecule has 3 nitrogen and oxygen atoms in total. The number of hydrogen-bond donors (Lipinski definition) is 1. The largest absolute Gasteiger partial charge is 0.364 e. The lowest BCUT2D eigenvalue weighted by Crippen LogP contribution is -2.32. The van der Waals surface area contributed by atoms with Crippen LogP contribution >= 0.6 is 0 Å². The molecule has 1 aliphatic heterocycles. The maximum atomic E-state index is 10.9. The fourth-order valence-corrected chi connectivity index (χ4v) is 1.43. The van der Waals surface area contributed by atoms with Gasteiger partial charge >= 0.3 is 0 Å². The van der Waals surface area contributed by atoms with Crippen LogP contribution in [-0.2, 0) is 4.79 Å². The highest BCUT2D eigenvalue weighted by Crippen LogP contribution is 2.28. The highest BCUT2D eigenvalue weighted by molar-refractivity contribution is 6.47. The van der Waals surface area contributed by atoms with E-state index in [9.17, 15) is 4.79 Å². The molecule has 2 N–H and O–H groups in total. The van der Waals surface area contributed by atoms with E-state index in [2.05, 4.69) is 11.6 Å².